The lowest BCUT2D eigenvalue weighted by atomic mass is 9.82. The quantitative estimate of drug-likeness (QED) is 0.716. The second-order valence-electron chi connectivity index (χ2n) is 5.82. The fourth-order valence-corrected chi connectivity index (χ4v) is 2.82. The Morgan fingerprint density at radius 2 is 1.72 bits per heavy atom. The lowest BCUT2D eigenvalue weighted by Gasteiger charge is -2.31. The van der Waals surface area contributed by atoms with Gasteiger partial charge < -0.3 is 11.1 Å². The zero-order chi connectivity index (χ0) is 13.4. The van der Waals surface area contributed by atoms with Crippen molar-refractivity contribution in [1.82, 2.24) is 5.32 Å². The van der Waals surface area contributed by atoms with Crippen molar-refractivity contribution < 1.29 is 4.79 Å². The fourth-order valence-electron chi connectivity index (χ4n) is 2.82. The van der Waals surface area contributed by atoms with Crippen molar-refractivity contribution in [2.24, 2.45) is 17.1 Å². The van der Waals surface area contributed by atoms with Crippen LogP contribution in [-0.4, -0.2) is 19.0 Å². The molecule has 0 aromatic heterocycles. The molecule has 0 spiro atoms. The molecular formula is C15H30N2O. The number of hydrogen-bond donors (Lipinski definition) is 2. The van der Waals surface area contributed by atoms with Crippen LogP contribution in [0.15, 0.2) is 0 Å². The van der Waals surface area contributed by atoms with Crippen LogP contribution >= 0.6 is 0 Å². The molecule has 3 N–H and O–H groups in total. The van der Waals surface area contributed by atoms with Gasteiger partial charge in [-0.05, 0) is 37.6 Å². The van der Waals surface area contributed by atoms with Gasteiger partial charge in [0.25, 0.3) is 0 Å². The summed E-state index contributed by atoms with van der Waals surface area (Å²) in [5.74, 6) is 0.508. The molecule has 0 aromatic rings. The minimum absolute atomic E-state index is 0.0976. The van der Waals surface area contributed by atoms with Crippen LogP contribution in [0.4, 0.5) is 0 Å². The second-order valence-corrected chi connectivity index (χ2v) is 5.82. The molecule has 0 unspecified atom stereocenters. The van der Waals surface area contributed by atoms with Crippen molar-refractivity contribution in [3.8, 4) is 0 Å². The van der Waals surface area contributed by atoms with Gasteiger partial charge in [-0.3, -0.25) is 4.79 Å². The van der Waals surface area contributed by atoms with E-state index in [1.807, 2.05) is 0 Å². The first-order valence-corrected chi connectivity index (χ1v) is 7.65. The molecule has 3 nitrogen and oxygen atoms in total. The zero-order valence-electron chi connectivity index (χ0n) is 12.1. The first-order chi connectivity index (χ1) is 8.67. The van der Waals surface area contributed by atoms with E-state index in [2.05, 4.69) is 19.2 Å². The Balaban J connectivity index is 2.43. The summed E-state index contributed by atoms with van der Waals surface area (Å²) in [6.45, 7) is 5.72. The standard InChI is InChI=1S/C15H30N2O/c1-3-15(4-2,11-16)12-17-14(18)13-9-7-5-6-8-10-13/h13H,3-12,16H2,1-2H3,(H,17,18). The summed E-state index contributed by atoms with van der Waals surface area (Å²) in [6.07, 6.45) is 9.21. The van der Waals surface area contributed by atoms with Crippen molar-refractivity contribution in [2.45, 2.75) is 65.2 Å². The molecule has 1 amide bonds. The maximum atomic E-state index is 12.2. The van der Waals surface area contributed by atoms with Crippen molar-refractivity contribution in [2.75, 3.05) is 13.1 Å². The average molecular weight is 254 g/mol. The van der Waals surface area contributed by atoms with E-state index in [1.54, 1.807) is 0 Å². The van der Waals surface area contributed by atoms with Crippen molar-refractivity contribution >= 4 is 5.91 Å². The van der Waals surface area contributed by atoms with Crippen LogP contribution in [0.3, 0.4) is 0 Å². The molecule has 1 aliphatic carbocycles. The molecule has 0 atom stereocenters. The lowest BCUT2D eigenvalue weighted by Crippen LogP contribution is -2.43. The summed E-state index contributed by atoms with van der Waals surface area (Å²) in [6, 6.07) is 0. The minimum atomic E-state index is 0.0976. The van der Waals surface area contributed by atoms with Gasteiger partial charge in [0.05, 0.1) is 0 Å². The highest BCUT2D eigenvalue weighted by atomic mass is 16.1. The van der Waals surface area contributed by atoms with Gasteiger partial charge in [-0.15, -0.1) is 0 Å². The number of nitrogens with one attached hydrogen (secondary N) is 1. The molecule has 1 aliphatic rings. The van der Waals surface area contributed by atoms with E-state index < -0.39 is 0 Å². The summed E-state index contributed by atoms with van der Waals surface area (Å²) in [4.78, 5) is 12.2. The molecule has 3 heteroatoms. The van der Waals surface area contributed by atoms with Crippen LogP contribution in [0.25, 0.3) is 0 Å². The minimum Gasteiger partial charge on any atom is -0.355 e. The van der Waals surface area contributed by atoms with Gasteiger partial charge >= 0.3 is 0 Å². The topological polar surface area (TPSA) is 55.1 Å². The van der Waals surface area contributed by atoms with E-state index in [0.717, 1.165) is 32.2 Å². The molecule has 1 fully saturated rings. The fraction of sp³-hybridized carbons (Fsp3) is 0.933. The molecule has 0 saturated heterocycles. The molecule has 0 bridgehead atoms. The van der Waals surface area contributed by atoms with E-state index in [1.165, 1.54) is 25.7 Å². The number of hydrogen-bond acceptors (Lipinski definition) is 2. The third kappa shape index (κ3) is 4.27. The van der Waals surface area contributed by atoms with Gasteiger partial charge in [0.1, 0.15) is 0 Å². The van der Waals surface area contributed by atoms with Crippen molar-refractivity contribution in [1.29, 1.82) is 0 Å². The molecule has 0 heterocycles. The van der Waals surface area contributed by atoms with Crippen molar-refractivity contribution in [3.63, 3.8) is 0 Å². The number of carbonyl (C=O) groups excluding carboxylic acids is 1. The van der Waals surface area contributed by atoms with E-state index in [9.17, 15) is 4.79 Å². The van der Waals surface area contributed by atoms with Crippen LogP contribution in [0, 0.1) is 11.3 Å². The summed E-state index contributed by atoms with van der Waals surface area (Å²) in [5, 5.41) is 3.15. The molecule has 18 heavy (non-hydrogen) atoms. The monoisotopic (exact) mass is 254 g/mol. The second kappa shape index (κ2) is 7.78. The summed E-state index contributed by atoms with van der Waals surface area (Å²) < 4.78 is 0. The van der Waals surface area contributed by atoms with Gasteiger partial charge in [0, 0.05) is 12.5 Å². The smallest absolute Gasteiger partial charge is 0.223 e. The largest absolute Gasteiger partial charge is 0.355 e. The Bertz CT molecular complexity index is 233. The average Bonchev–Trinajstić information content (AvgIpc) is 2.69. The Morgan fingerprint density at radius 3 is 2.17 bits per heavy atom. The maximum absolute atomic E-state index is 12.2. The number of rotatable bonds is 6. The highest BCUT2D eigenvalue weighted by Gasteiger charge is 2.27. The Labute approximate surface area is 112 Å². The van der Waals surface area contributed by atoms with Crippen LogP contribution < -0.4 is 11.1 Å². The highest BCUT2D eigenvalue weighted by Crippen LogP contribution is 2.25. The SMILES string of the molecule is CCC(CC)(CN)CNC(=O)C1CCCCCC1. The third-order valence-electron chi connectivity index (χ3n) is 4.80. The van der Waals surface area contributed by atoms with Gasteiger partial charge in [-0.25, -0.2) is 0 Å². The predicted molar refractivity (Wildman–Crippen MR) is 76.3 cm³/mol. The van der Waals surface area contributed by atoms with Gasteiger partial charge in [-0.2, -0.15) is 0 Å². The normalized spacial score (nSPS) is 18.4. The van der Waals surface area contributed by atoms with Crippen LogP contribution in [0.2, 0.25) is 0 Å². The maximum Gasteiger partial charge on any atom is 0.223 e. The molecule has 106 valence electrons. The zero-order valence-corrected chi connectivity index (χ0v) is 12.1. The first-order valence-electron chi connectivity index (χ1n) is 7.65. The van der Waals surface area contributed by atoms with Gasteiger partial charge in [0.2, 0.25) is 5.91 Å². The van der Waals surface area contributed by atoms with Crippen molar-refractivity contribution in [3.05, 3.63) is 0 Å². The molecular weight excluding hydrogens is 224 g/mol. The van der Waals surface area contributed by atoms with E-state index in [0.29, 0.717) is 6.54 Å². The first kappa shape index (κ1) is 15.5. The molecule has 1 saturated carbocycles. The summed E-state index contributed by atoms with van der Waals surface area (Å²) in [5.41, 5.74) is 5.96. The Kier molecular flexibility index (Phi) is 6.69. The van der Waals surface area contributed by atoms with Crippen LogP contribution in [0.1, 0.15) is 65.2 Å². The van der Waals surface area contributed by atoms with Crippen LogP contribution in [-0.2, 0) is 4.79 Å². The summed E-state index contributed by atoms with van der Waals surface area (Å²) >= 11 is 0. The molecule has 0 radical (unpaired) electrons. The van der Waals surface area contributed by atoms with Gasteiger partial charge in [0.15, 0.2) is 0 Å². The molecule has 0 aromatic carbocycles. The third-order valence-corrected chi connectivity index (χ3v) is 4.80. The molecule has 1 rings (SSSR count). The van der Waals surface area contributed by atoms with Gasteiger partial charge in [-0.1, -0.05) is 39.5 Å². The lowest BCUT2D eigenvalue weighted by molar-refractivity contribution is -0.125. The number of nitrogens with two attached hydrogens (primary N) is 1. The van der Waals surface area contributed by atoms with E-state index >= 15 is 0 Å². The predicted octanol–water partition coefficient (Wildman–Crippen LogP) is 2.84. The van der Waals surface area contributed by atoms with Crippen LogP contribution in [0.5, 0.6) is 0 Å². The van der Waals surface area contributed by atoms with E-state index in [-0.39, 0.29) is 17.2 Å². The molecule has 0 aliphatic heterocycles. The Morgan fingerprint density at radius 1 is 1.17 bits per heavy atom. The summed E-state index contributed by atoms with van der Waals surface area (Å²) in [7, 11) is 0. The Hall–Kier alpha value is -0.570. The van der Waals surface area contributed by atoms with E-state index in [4.69, 9.17) is 5.73 Å². The number of carbonyl (C=O) groups is 1. The number of amides is 1. The highest BCUT2D eigenvalue weighted by molar-refractivity contribution is 5.78.